The summed E-state index contributed by atoms with van der Waals surface area (Å²) in [6.07, 6.45) is 3.18. The summed E-state index contributed by atoms with van der Waals surface area (Å²) in [6, 6.07) is 9.34. The van der Waals surface area contributed by atoms with Crippen LogP contribution in [0.4, 0.5) is 0 Å². The molecule has 1 aromatic heterocycles. The average Bonchev–Trinajstić information content (AvgIpc) is 2.78. The summed E-state index contributed by atoms with van der Waals surface area (Å²) in [5, 5.41) is 0.113. The van der Waals surface area contributed by atoms with Crippen LogP contribution in [-0.4, -0.2) is 23.7 Å². The lowest BCUT2D eigenvalue weighted by Crippen LogP contribution is -2.16. The van der Waals surface area contributed by atoms with E-state index in [1.165, 1.54) is 6.20 Å². The average molecular weight is 264 g/mol. The topological polar surface area (TPSA) is 52.0 Å². The molecule has 2 aromatic rings. The summed E-state index contributed by atoms with van der Waals surface area (Å²) >= 11 is 0. The molecule has 18 heavy (non-hydrogen) atoms. The summed E-state index contributed by atoms with van der Waals surface area (Å²) in [6.45, 7) is 3.76. The Hall–Kier alpha value is -1.62. The van der Waals surface area contributed by atoms with E-state index in [4.69, 9.17) is 0 Å². The standard InChI is InChI=1S/C13H16N2O2S/c1-11(2)10-18(16,17)13-14-8-9-15(13)12-6-4-3-5-7-12/h3-9,11H,10H2,1-2H3. The molecule has 0 saturated heterocycles. The van der Waals surface area contributed by atoms with E-state index in [-0.39, 0.29) is 16.8 Å². The molecule has 96 valence electrons. The van der Waals surface area contributed by atoms with Gasteiger partial charge in [0.2, 0.25) is 15.0 Å². The van der Waals surface area contributed by atoms with Crippen LogP contribution in [0.3, 0.4) is 0 Å². The molecular weight excluding hydrogens is 248 g/mol. The maximum atomic E-state index is 12.2. The number of hydrogen-bond donors (Lipinski definition) is 0. The molecule has 1 heterocycles. The van der Waals surface area contributed by atoms with Gasteiger partial charge in [-0.2, -0.15) is 0 Å². The number of sulfone groups is 1. The van der Waals surface area contributed by atoms with Crippen molar-refractivity contribution in [1.82, 2.24) is 9.55 Å². The molecule has 0 fully saturated rings. The van der Waals surface area contributed by atoms with E-state index in [9.17, 15) is 8.42 Å². The van der Waals surface area contributed by atoms with Crippen molar-refractivity contribution in [3.8, 4) is 5.69 Å². The van der Waals surface area contributed by atoms with Crippen LogP contribution in [-0.2, 0) is 9.84 Å². The number of aromatic nitrogens is 2. The maximum Gasteiger partial charge on any atom is 0.232 e. The van der Waals surface area contributed by atoms with Crippen LogP contribution < -0.4 is 0 Å². The highest BCUT2D eigenvalue weighted by Gasteiger charge is 2.22. The zero-order chi connectivity index (χ0) is 13.2. The monoisotopic (exact) mass is 264 g/mol. The Kier molecular flexibility index (Phi) is 3.52. The number of hydrogen-bond acceptors (Lipinski definition) is 3. The van der Waals surface area contributed by atoms with Crippen molar-refractivity contribution in [2.45, 2.75) is 19.0 Å². The molecular formula is C13H16N2O2S. The molecule has 0 spiro atoms. The van der Waals surface area contributed by atoms with Gasteiger partial charge in [-0.05, 0) is 18.1 Å². The van der Waals surface area contributed by atoms with E-state index < -0.39 is 9.84 Å². The van der Waals surface area contributed by atoms with Gasteiger partial charge >= 0.3 is 0 Å². The van der Waals surface area contributed by atoms with Crippen molar-refractivity contribution in [2.24, 2.45) is 5.92 Å². The van der Waals surface area contributed by atoms with E-state index in [1.807, 2.05) is 44.2 Å². The maximum absolute atomic E-state index is 12.2. The number of imidazole rings is 1. The molecule has 0 radical (unpaired) electrons. The largest absolute Gasteiger partial charge is 0.291 e. The summed E-state index contributed by atoms with van der Waals surface area (Å²) in [7, 11) is -3.34. The summed E-state index contributed by atoms with van der Waals surface area (Å²) in [5.41, 5.74) is 0.803. The SMILES string of the molecule is CC(C)CS(=O)(=O)c1nccn1-c1ccccc1. The van der Waals surface area contributed by atoms with Gasteiger partial charge in [0, 0.05) is 18.1 Å². The first-order valence-corrected chi connectivity index (χ1v) is 7.47. The molecule has 5 heteroatoms. The zero-order valence-electron chi connectivity index (χ0n) is 10.4. The molecule has 0 aliphatic heterocycles. The van der Waals surface area contributed by atoms with Gasteiger partial charge in [0.15, 0.2) is 0 Å². The Bertz CT molecular complexity index is 615. The third kappa shape index (κ3) is 2.61. The predicted molar refractivity (Wildman–Crippen MR) is 70.5 cm³/mol. The van der Waals surface area contributed by atoms with Crippen LogP contribution in [0.25, 0.3) is 5.69 Å². The Balaban J connectivity index is 2.46. The molecule has 0 amide bonds. The molecule has 1 aromatic carbocycles. The third-order valence-corrected chi connectivity index (χ3v) is 4.44. The molecule has 0 atom stereocenters. The van der Waals surface area contributed by atoms with Crippen molar-refractivity contribution < 1.29 is 8.42 Å². The molecule has 0 N–H and O–H groups in total. The smallest absolute Gasteiger partial charge is 0.232 e. The van der Waals surface area contributed by atoms with E-state index in [1.54, 1.807) is 10.8 Å². The van der Waals surface area contributed by atoms with Gasteiger partial charge in [-0.3, -0.25) is 4.57 Å². The molecule has 0 saturated carbocycles. The van der Waals surface area contributed by atoms with Crippen LogP contribution in [0, 0.1) is 5.92 Å². The van der Waals surface area contributed by atoms with Gasteiger partial charge in [0.05, 0.1) is 5.75 Å². The second-order valence-electron chi connectivity index (χ2n) is 4.59. The fourth-order valence-corrected chi connectivity index (χ4v) is 3.53. The summed E-state index contributed by atoms with van der Waals surface area (Å²) < 4.78 is 26.0. The van der Waals surface area contributed by atoms with Gasteiger partial charge in [0.25, 0.3) is 0 Å². The van der Waals surface area contributed by atoms with Crippen LogP contribution in [0.15, 0.2) is 47.9 Å². The van der Waals surface area contributed by atoms with Gasteiger partial charge in [-0.1, -0.05) is 32.0 Å². The van der Waals surface area contributed by atoms with Crippen LogP contribution >= 0.6 is 0 Å². The molecule has 0 aliphatic carbocycles. The van der Waals surface area contributed by atoms with Crippen LogP contribution in [0.1, 0.15) is 13.8 Å². The van der Waals surface area contributed by atoms with Crippen molar-refractivity contribution in [3.05, 3.63) is 42.7 Å². The number of nitrogens with zero attached hydrogens (tertiary/aromatic N) is 2. The highest BCUT2D eigenvalue weighted by atomic mass is 32.2. The van der Waals surface area contributed by atoms with Crippen molar-refractivity contribution >= 4 is 9.84 Å². The molecule has 2 rings (SSSR count). The number of rotatable bonds is 4. The van der Waals surface area contributed by atoms with Crippen LogP contribution in [0.5, 0.6) is 0 Å². The minimum atomic E-state index is -3.34. The van der Waals surface area contributed by atoms with Gasteiger partial charge < -0.3 is 0 Å². The molecule has 0 aliphatic rings. The van der Waals surface area contributed by atoms with E-state index in [0.29, 0.717) is 0 Å². The van der Waals surface area contributed by atoms with Crippen molar-refractivity contribution in [1.29, 1.82) is 0 Å². The number of para-hydroxylation sites is 1. The second-order valence-corrected chi connectivity index (χ2v) is 6.52. The van der Waals surface area contributed by atoms with Crippen LogP contribution in [0.2, 0.25) is 0 Å². The predicted octanol–water partition coefficient (Wildman–Crippen LogP) is 2.30. The normalized spacial score (nSPS) is 11.9. The first kappa shape index (κ1) is 12.8. The fourth-order valence-electron chi connectivity index (χ4n) is 1.82. The minimum absolute atomic E-state index is 0.0796. The quantitative estimate of drug-likeness (QED) is 0.851. The summed E-state index contributed by atoms with van der Waals surface area (Å²) in [5.74, 6) is 0.188. The van der Waals surface area contributed by atoms with E-state index in [2.05, 4.69) is 4.98 Å². The Morgan fingerprint density at radius 1 is 1.22 bits per heavy atom. The summed E-state index contributed by atoms with van der Waals surface area (Å²) in [4.78, 5) is 3.99. The van der Waals surface area contributed by atoms with E-state index in [0.717, 1.165) is 5.69 Å². The van der Waals surface area contributed by atoms with E-state index >= 15 is 0 Å². The Morgan fingerprint density at radius 2 is 1.89 bits per heavy atom. The first-order valence-electron chi connectivity index (χ1n) is 5.82. The fraction of sp³-hybridized carbons (Fsp3) is 0.308. The second kappa shape index (κ2) is 4.94. The zero-order valence-corrected chi connectivity index (χ0v) is 11.3. The highest BCUT2D eigenvalue weighted by Crippen LogP contribution is 2.17. The lowest BCUT2D eigenvalue weighted by Gasteiger charge is -2.09. The lowest BCUT2D eigenvalue weighted by molar-refractivity contribution is 0.571. The van der Waals surface area contributed by atoms with Crippen molar-refractivity contribution in [2.75, 3.05) is 5.75 Å². The minimum Gasteiger partial charge on any atom is -0.291 e. The molecule has 0 unspecified atom stereocenters. The van der Waals surface area contributed by atoms with Gasteiger partial charge in [-0.15, -0.1) is 0 Å². The first-order chi connectivity index (χ1) is 8.50. The lowest BCUT2D eigenvalue weighted by atomic mass is 10.3. The van der Waals surface area contributed by atoms with Crippen molar-refractivity contribution in [3.63, 3.8) is 0 Å². The number of benzene rings is 1. The third-order valence-electron chi connectivity index (χ3n) is 2.47. The molecule has 4 nitrogen and oxygen atoms in total. The Morgan fingerprint density at radius 3 is 2.50 bits per heavy atom. The molecule has 0 bridgehead atoms. The highest BCUT2D eigenvalue weighted by molar-refractivity contribution is 7.91. The Labute approximate surface area is 107 Å². The van der Waals surface area contributed by atoms with Gasteiger partial charge in [-0.25, -0.2) is 13.4 Å². The van der Waals surface area contributed by atoms with Gasteiger partial charge in [0.1, 0.15) is 0 Å².